The SMILES string of the molecule is Cc1nn(C)c(N2CCOC(C(C)N)C2)c1[N+](=O)[O-]. The molecule has 1 saturated heterocycles. The van der Waals surface area contributed by atoms with E-state index in [4.69, 9.17) is 10.5 Å². The highest BCUT2D eigenvalue weighted by Gasteiger charge is 2.32. The molecule has 1 aromatic heterocycles. The van der Waals surface area contributed by atoms with Gasteiger partial charge >= 0.3 is 5.69 Å². The Balaban J connectivity index is 2.33. The van der Waals surface area contributed by atoms with E-state index in [1.54, 1.807) is 18.7 Å². The summed E-state index contributed by atoms with van der Waals surface area (Å²) in [5, 5.41) is 15.3. The van der Waals surface area contributed by atoms with Crippen LogP contribution in [0.4, 0.5) is 11.5 Å². The van der Waals surface area contributed by atoms with Gasteiger partial charge in [0.05, 0.1) is 17.6 Å². The predicted octanol–water partition coefficient (Wildman–Crippen LogP) is 0.189. The molecule has 2 atom stereocenters. The molecule has 0 spiro atoms. The summed E-state index contributed by atoms with van der Waals surface area (Å²) in [6.45, 7) is 5.16. The van der Waals surface area contributed by atoms with E-state index >= 15 is 0 Å². The number of rotatable bonds is 3. The topological polar surface area (TPSA) is 99.5 Å². The zero-order valence-corrected chi connectivity index (χ0v) is 11.4. The molecule has 19 heavy (non-hydrogen) atoms. The Hall–Kier alpha value is -1.67. The van der Waals surface area contributed by atoms with Crippen molar-refractivity contribution in [2.24, 2.45) is 12.8 Å². The van der Waals surface area contributed by atoms with Gasteiger partial charge in [-0.3, -0.25) is 10.1 Å². The Labute approximate surface area is 111 Å². The molecule has 1 aromatic rings. The number of morpholine rings is 1. The maximum atomic E-state index is 11.2. The average molecular weight is 269 g/mol. The van der Waals surface area contributed by atoms with Gasteiger partial charge in [-0.15, -0.1) is 0 Å². The van der Waals surface area contributed by atoms with Crippen molar-refractivity contribution in [1.29, 1.82) is 0 Å². The van der Waals surface area contributed by atoms with Crippen molar-refractivity contribution in [2.75, 3.05) is 24.6 Å². The summed E-state index contributed by atoms with van der Waals surface area (Å²) >= 11 is 0. The van der Waals surface area contributed by atoms with Crippen molar-refractivity contribution >= 4 is 11.5 Å². The van der Waals surface area contributed by atoms with E-state index in [0.29, 0.717) is 31.2 Å². The predicted molar refractivity (Wildman–Crippen MR) is 70.2 cm³/mol. The summed E-state index contributed by atoms with van der Waals surface area (Å²) in [5.74, 6) is 0.524. The summed E-state index contributed by atoms with van der Waals surface area (Å²) in [5.41, 5.74) is 6.33. The zero-order chi connectivity index (χ0) is 14.2. The molecule has 1 fully saturated rings. The Morgan fingerprint density at radius 1 is 1.63 bits per heavy atom. The monoisotopic (exact) mass is 269 g/mol. The van der Waals surface area contributed by atoms with Crippen LogP contribution >= 0.6 is 0 Å². The number of nitro groups is 1. The summed E-state index contributed by atoms with van der Waals surface area (Å²) in [7, 11) is 1.71. The van der Waals surface area contributed by atoms with Crippen molar-refractivity contribution in [2.45, 2.75) is 26.0 Å². The highest BCUT2D eigenvalue weighted by Crippen LogP contribution is 2.32. The van der Waals surface area contributed by atoms with Gasteiger partial charge in [0.1, 0.15) is 5.69 Å². The molecule has 0 aromatic carbocycles. The highest BCUT2D eigenvalue weighted by molar-refractivity contribution is 5.61. The standard InChI is InChI=1S/C11H19N5O3/c1-7(12)9-6-15(4-5-19-9)11-10(16(17)18)8(2)13-14(11)3/h7,9H,4-6,12H2,1-3H3. The highest BCUT2D eigenvalue weighted by atomic mass is 16.6. The molecule has 0 saturated carbocycles. The van der Waals surface area contributed by atoms with E-state index < -0.39 is 0 Å². The van der Waals surface area contributed by atoms with Crippen LogP contribution in [0.3, 0.4) is 0 Å². The van der Waals surface area contributed by atoms with Crippen LogP contribution in [0.5, 0.6) is 0 Å². The van der Waals surface area contributed by atoms with Crippen LogP contribution in [0.2, 0.25) is 0 Å². The second-order valence-electron chi connectivity index (χ2n) is 4.85. The van der Waals surface area contributed by atoms with Gasteiger partial charge in [0.15, 0.2) is 0 Å². The number of aryl methyl sites for hydroxylation is 2. The van der Waals surface area contributed by atoms with Crippen LogP contribution in [-0.2, 0) is 11.8 Å². The molecule has 2 N–H and O–H groups in total. The van der Waals surface area contributed by atoms with Crippen LogP contribution in [-0.4, -0.2) is 46.5 Å². The fourth-order valence-electron chi connectivity index (χ4n) is 2.39. The Bertz CT molecular complexity index is 485. The van der Waals surface area contributed by atoms with Gasteiger partial charge in [0.2, 0.25) is 5.82 Å². The van der Waals surface area contributed by atoms with E-state index in [1.165, 1.54) is 0 Å². The van der Waals surface area contributed by atoms with E-state index in [1.807, 2.05) is 11.8 Å². The van der Waals surface area contributed by atoms with Gasteiger partial charge in [-0.2, -0.15) is 5.10 Å². The Morgan fingerprint density at radius 2 is 2.32 bits per heavy atom. The molecule has 8 nitrogen and oxygen atoms in total. The maximum absolute atomic E-state index is 11.2. The molecule has 2 heterocycles. The number of nitrogens with two attached hydrogens (primary N) is 1. The zero-order valence-electron chi connectivity index (χ0n) is 11.4. The Morgan fingerprint density at radius 3 is 2.89 bits per heavy atom. The maximum Gasteiger partial charge on any atom is 0.333 e. The van der Waals surface area contributed by atoms with Gasteiger partial charge in [-0.1, -0.05) is 0 Å². The average Bonchev–Trinajstić information content (AvgIpc) is 2.64. The van der Waals surface area contributed by atoms with Crippen LogP contribution in [0.1, 0.15) is 12.6 Å². The lowest BCUT2D eigenvalue weighted by Crippen LogP contribution is -2.50. The van der Waals surface area contributed by atoms with Crippen molar-refractivity contribution in [3.8, 4) is 0 Å². The molecule has 0 bridgehead atoms. The lowest BCUT2D eigenvalue weighted by molar-refractivity contribution is -0.384. The smallest absolute Gasteiger partial charge is 0.333 e. The summed E-state index contributed by atoms with van der Waals surface area (Å²) in [4.78, 5) is 12.7. The van der Waals surface area contributed by atoms with Crippen LogP contribution < -0.4 is 10.6 Å². The first-order valence-electron chi connectivity index (χ1n) is 6.22. The molecule has 1 aliphatic heterocycles. The lowest BCUT2D eigenvalue weighted by atomic mass is 10.1. The second-order valence-corrected chi connectivity index (χ2v) is 4.85. The summed E-state index contributed by atoms with van der Waals surface area (Å²) in [6, 6.07) is -0.115. The van der Waals surface area contributed by atoms with Crippen LogP contribution in [0.25, 0.3) is 0 Å². The fourth-order valence-corrected chi connectivity index (χ4v) is 2.39. The molecule has 0 radical (unpaired) electrons. The third kappa shape index (κ3) is 2.54. The minimum absolute atomic E-state index is 0.0628. The third-order valence-corrected chi connectivity index (χ3v) is 3.32. The van der Waals surface area contributed by atoms with Crippen LogP contribution in [0, 0.1) is 17.0 Å². The number of hydrogen-bond donors (Lipinski definition) is 1. The van der Waals surface area contributed by atoms with E-state index in [2.05, 4.69) is 5.10 Å². The second kappa shape index (κ2) is 5.14. The minimum atomic E-state index is -0.381. The Kier molecular flexibility index (Phi) is 3.72. The quantitative estimate of drug-likeness (QED) is 0.621. The summed E-state index contributed by atoms with van der Waals surface area (Å²) < 4.78 is 7.12. The van der Waals surface area contributed by atoms with Crippen molar-refractivity contribution in [3.63, 3.8) is 0 Å². The molecule has 0 aliphatic carbocycles. The van der Waals surface area contributed by atoms with Gasteiger partial charge in [0, 0.05) is 26.2 Å². The molecule has 2 rings (SSSR count). The largest absolute Gasteiger partial charge is 0.373 e. The molecular formula is C11H19N5O3. The van der Waals surface area contributed by atoms with Crippen molar-refractivity contribution in [1.82, 2.24) is 9.78 Å². The lowest BCUT2D eigenvalue weighted by Gasteiger charge is -2.35. The fraction of sp³-hybridized carbons (Fsp3) is 0.727. The number of anilines is 1. The normalized spacial score (nSPS) is 21.5. The number of nitrogens with zero attached hydrogens (tertiary/aromatic N) is 4. The van der Waals surface area contributed by atoms with Gasteiger partial charge in [-0.05, 0) is 13.8 Å². The van der Waals surface area contributed by atoms with Gasteiger partial charge in [-0.25, -0.2) is 4.68 Å². The molecular weight excluding hydrogens is 250 g/mol. The van der Waals surface area contributed by atoms with E-state index in [-0.39, 0.29) is 22.8 Å². The minimum Gasteiger partial charge on any atom is -0.373 e. The molecule has 8 heteroatoms. The first-order chi connectivity index (χ1) is 8.91. The molecule has 106 valence electrons. The number of ether oxygens (including phenoxy) is 1. The summed E-state index contributed by atoms with van der Waals surface area (Å²) in [6.07, 6.45) is -0.122. The van der Waals surface area contributed by atoms with Crippen molar-refractivity contribution in [3.05, 3.63) is 15.8 Å². The third-order valence-electron chi connectivity index (χ3n) is 3.32. The van der Waals surface area contributed by atoms with E-state index in [9.17, 15) is 10.1 Å². The van der Waals surface area contributed by atoms with E-state index in [0.717, 1.165) is 0 Å². The molecule has 0 amide bonds. The van der Waals surface area contributed by atoms with Gasteiger partial charge in [0.25, 0.3) is 0 Å². The van der Waals surface area contributed by atoms with Gasteiger partial charge < -0.3 is 15.4 Å². The molecule has 2 unspecified atom stereocenters. The van der Waals surface area contributed by atoms with Crippen molar-refractivity contribution < 1.29 is 9.66 Å². The molecule has 1 aliphatic rings. The first-order valence-corrected chi connectivity index (χ1v) is 6.22. The number of hydrogen-bond acceptors (Lipinski definition) is 6. The first kappa shape index (κ1) is 13.8. The van der Waals surface area contributed by atoms with Crippen LogP contribution in [0.15, 0.2) is 0 Å². The number of aromatic nitrogens is 2.